The Morgan fingerprint density at radius 1 is 0.958 bits per heavy atom. The molecule has 0 aliphatic carbocycles. The van der Waals surface area contributed by atoms with Gasteiger partial charge in [0.15, 0.2) is 0 Å². The second kappa shape index (κ2) is 8.57. The van der Waals surface area contributed by atoms with Crippen molar-refractivity contribution in [2.45, 2.75) is 26.4 Å². The minimum atomic E-state index is -0.611. The SMILES string of the molecule is CCC(C)OC(=O)Nc1cccc(OC(=O)Nc2ccccc2)c1. The van der Waals surface area contributed by atoms with Crippen LogP contribution in [0.25, 0.3) is 0 Å². The second-order valence-corrected chi connectivity index (χ2v) is 5.16. The Labute approximate surface area is 140 Å². The average Bonchev–Trinajstić information content (AvgIpc) is 2.55. The number of carbonyl (C=O) groups is 2. The van der Waals surface area contributed by atoms with Crippen molar-refractivity contribution in [2.75, 3.05) is 10.6 Å². The van der Waals surface area contributed by atoms with E-state index >= 15 is 0 Å². The molecule has 1 unspecified atom stereocenters. The first-order valence-corrected chi connectivity index (χ1v) is 7.68. The molecular weight excluding hydrogens is 308 g/mol. The molecule has 0 aliphatic heterocycles. The van der Waals surface area contributed by atoms with E-state index in [2.05, 4.69) is 10.6 Å². The Morgan fingerprint density at radius 2 is 1.62 bits per heavy atom. The van der Waals surface area contributed by atoms with E-state index in [0.717, 1.165) is 6.42 Å². The highest BCUT2D eigenvalue weighted by Crippen LogP contribution is 2.18. The summed E-state index contributed by atoms with van der Waals surface area (Å²) in [4.78, 5) is 23.6. The topological polar surface area (TPSA) is 76.7 Å². The first kappa shape index (κ1) is 17.3. The Balaban J connectivity index is 1.92. The maximum absolute atomic E-state index is 11.9. The second-order valence-electron chi connectivity index (χ2n) is 5.16. The third-order valence-corrected chi connectivity index (χ3v) is 3.19. The molecule has 0 bridgehead atoms. The number of rotatable bonds is 5. The Hall–Kier alpha value is -3.02. The van der Waals surface area contributed by atoms with Gasteiger partial charge in [-0.1, -0.05) is 31.2 Å². The highest BCUT2D eigenvalue weighted by atomic mass is 16.6. The highest BCUT2D eigenvalue weighted by Gasteiger charge is 2.09. The van der Waals surface area contributed by atoms with Gasteiger partial charge in [-0.25, -0.2) is 9.59 Å². The van der Waals surface area contributed by atoms with Gasteiger partial charge in [-0.05, 0) is 37.6 Å². The van der Waals surface area contributed by atoms with Gasteiger partial charge in [-0.2, -0.15) is 0 Å². The molecule has 2 rings (SSSR count). The van der Waals surface area contributed by atoms with Gasteiger partial charge in [-0.15, -0.1) is 0 Å². The van der Waals surface area contributed by atoms with E-state index < -0.39 is 12.2 Å². The van der Waals surface area contributed by atoms with E-state index in [9.17, 15) is 9.59 Å². The van der Waals surface area contributed by atoms with Crippen LogP contribution < -0.4 is 15.4 Å². The van der Waals surface area contributed by atoms with Crippen molar-refractivity contribution in [3.05, 3.63) is 54.6 Å². The molecule has 0 fully saturated rings. The van der Waals surface area contributed by atoms with Gasteiger partial charge in [0.1, 0.15) is 11.9 Å². The molecule has 2 aromatic carbocycles. The molecule has 24 heavy (non-hydrogen) atoms. The standard InChI is InChI=1S/C18H20N2O4/c1-3-13(2)23-17(21)20-15-10-7-11-16(12-15)24-18(22)19-14-8-5-4-6-9-14/h4-13H,3H2,1-2H3,(H,19,22)(H,20,21). The molecule has 126 valence electrons. The number of hydrogen-bond donors (Lipinski definition) is 2. The van der Waals surface area contributed by atoms with Crippen LogP contribution in [0.3, 0.4) is 0 Å². The molecule has 0 aliphatic rings. The fourth-order valence-corrected chi connectivity index (χ4v) is 1.82. The van der Waals surface area contributed by atoms with Gasteiger partial charge in [-0.3, -0.25) is 10.6 Å². The van der Waals surface area contributed by atoms with Crippen LogP contribution in [0.1, 0.15) is 20.3 Å². The number of para-hydroxylation sites is 1. The summed E-state index contributed by atoms with van der Waals surface area (Å²) in [7, 11) is 0. The number of nitrogens with one attached hydrogen (secondary N) is 2. The minimum absolute atomic E-state index is 0.166. The Bertz CT molecular complexity index is 688. The molecule has 0 heterocycles. The van der Waals surface area contributed by atoms with Gasteiger partial charge < -0.3 is 9.47 Å². The highest BCUT2D eigenvalue weighted by molar-refractivity contribution is 5.87. The summed E-state index contributed by atoms with van der Waals surface area (Å²) in [6.45, 7) is 3.74. The van der Waals surface area contributed by atoms with Crippen LogP contribution in [-0.2, 0) is 4.74 Å². The predicted octanol–water partition coefficient (Wildman–Crippen LogP) is 4.64. The van der Waals surface area contributed by atoms with E-state index in [-0.39, 0.29) is 6.10 Å². The number of anilines is 2. The van der Waals surface area contributed by atoms with Crippen molar-refractivity contribution in [2.24, 2.45) is 0 Å². The lowest BCUT2D eigenvalue weighted by molar-refractivity contribution is 0.118. The third kappa shape index (κ3) is 5.64. The number of amides is 2. The van der Waals surface area contributed by atoms with E-state index in [1.165, 1.54) is 0 Å². The number of ether oxygens (including phenoxy) is 2. The zero-order chi connectivity index (χ0) is 17.4. The summed E-state index contributed by atoms with van der Waals surface area (Å²) < 4.78 is 10.3. The summed E-state index contributed by atoms with van der Waals surface area (Å²) >= 11 is 0. The molecule has 1 atom stereocenters. The summed E-state index contributed by atoms with van der Waals surface area (Å²) in [6.07, 6.45) is -0.590. The van der Waals surface area contributed by atoms with Gasteiger partial charge in [0.05, 0.1) is 0 Å². The number of hydrogen-bond acceptors (Lipinski definition) is 4. The van der Waals surface area contributed by atoms with Crippen LogP contribution in [0.15, 0.2) is 54.6 Å². The van der Waals surface area contributed by atoms with Gasteiger partial charge >= 0.3 is 12.2 Å². The van der Waals surface area contributed by atoms with Crippen LogP contribution in [0.5, 0.6) is 5.75 Å². The van der Waals surface area contributed by atoms with Crippen LogP contribution in [0.2, 0.25) is 0 Å². The lowest BCUT2D eigenvalue weighted by atomic mass is 10.3. The normalized spacial score (nSPS) is 11.2. The molecule has 0 aromatic heterocycles. The molecule has 0 saturated heterocycles. The largest absolute Gasteiger partial charge is 0.446 e. The molecular formula is C18H20N2O4. The minimum Gasteiger partial charge on any atom is -0.446 e. The molecule has 6 heteroatoms. The van der Waals surface area contributed by atoms with Gasteiger partial charge in [0.25, 0.3) is 0 Å². The van der Waals surface area contributed by atoms with Crippen LogP contribution in [0.4, 0.5) is 21.0 Å². The first-order chi connectivity index (χ1) is 11.6. The molecule has 2 aromatic rings. The van der Waals surface area contributed by atoms with E-state index in [1.54, 1.807) is 36.4 Å². The maximum atomic E-state index is 11.9. The van der Waals surface area contributed by atoms with Crippen LogP contribution in [-0.4, -0.2) is 18.3 Å². The smallest absolute Gasteiger partial charge is 0.417 e. The predicted molar refractivity (Wildman–Crippen MR) is 92.4 cm³/mol. The van der Waals surface area contributed by atoms with Crippen LogP contribution in [0, 0.1) is 0 Å². The van der Waals surface area contributed by atoms with Crippen LogP contribution >= 0.6 is 0 Å². The van der Waals surface area contributed by atoms with E-state index in [0.29, 0.717) is 17.1 Å². The zero-order valence-electron chi connectivity index (χ0n) is 13.6. The fraction of sp³-hybridized carbons (Fsp3) is 0.222. The van der Waals surface area contributed by atoms with E-state index in [4.69, 9.17) is 9.47 Å². The summed E-state index contributed by atoms with van der Waals surface area (Å²) in [6, 6.07) is 15.5. The summed E-state index contributed by atoms with van der Waals surface area (Å²) in [5.74, 6) is 0.310. The van der Waals surface area contributed by atoms with Crippen molar-refractivity contribution in [3.8, 4) is 5.75 Å². The Kier molecular flexibility index (Phi) is 6.19. The number of benzene rings is 2. The number of carbonyl (C=O) groups excluding carboxylic acids is 2. The molecule has 0 spiro atoms. The molecule has 0 saturated carbocycles. The summed E-state index contributed by atoms with van der Waals surface area (Å²) in [5, 5.41) is 5.21. The molecule has 0 radical (unpaired) electrons. The fourth-order valence-electron chi connectivity index (χ4n) is 1.82. The van der Waals surface area contributed by atoms with Crippen molar-refractivity contribution in [1.29, 1.82) is 0 Å². The van der Waals surface area contributed by atoms with Crippen molar-refractivity contribution >= 4 is 23.6 Å². The maximum Gasteiger partial charge on any atom is 0.417 e. The monoisotopic (exact) mass is 328 g/mol. The van der Waals surface area contributed by atoms with Crippen molar-refractivity contribution < 1.29 is 19.1 Å². The zero-order valence-corrected chi connectivity index (χ0v) is 13.6. The lowest BCUT2D eigenvalue weighted by Gasteiger charge is -2.12. The van der Waals surface area contributed by atoms with Gasteiger partial charge in [0.2, 0.25) is 0 Å². The molecule has 6 nitrogen and oxygen atoms in total. The van der Waals surface area contributed by atoms with Crippen molar-refractivity contribution in [1.82, 2.24) is 0 Å². The first-order valence-electron chi connectivity index (χ1n) is 7.68. The lowest BCUT2D eigenvalue weighted by Crippen LogP contribution is -2.20. The summed E-state index contributed by atoms with van der Waals surface area (Å²) in [5.41, 5.74) is 1.11. The molecule has 2 N–H and O–H groups in total. The molecule has 2 amide bonds. The average molecular weight is 328 g/mol. The Morgan fingerprint density at radius 3 is 2.33 bits per heavy atom. The quantitative estimate of drug-likeness (QED) is 0.838. The third-order valence-electron chi connectivity index (χ3n) is 3.19. The van der Waals surface area contributed by atoms with E-state index in [1.807, 2.05) is 32.0 Å². The van der Waals surface area contributed by atoms with Gasteiger partial charge in [0, 0.05) is 17.4 Å². The van der Waals surface area contributed by atoms with Crippen molar-refractivity contribution in [3.63, 3.8) is 0 Å².